The van der Waals surface area contributed by atoms with Gasteiger partial charge in [-0.2, -0.15) is 0 Å². The van der Waals surface area contributed by atoms with Crippen molar-refractivity contribution in [2.24, 2.45) is 0 Å². The maximum atomic E-state index is 5.58. The van der Waals surface area contributed by atoms with Crippen LogP contribution in [0.25, 0.3) is 0 Å². The second kappa shape index (κ2) is 7.00. The van der Waals surface area contributed by atoms with Crippen LogP contribution in [0.4, 0.5) is 0 Å². The van der Waals surface area contributed by atoms with Gasteiger partial charge < -0.3 is 14.8 Å². The van der Waals surface area contributed by atoms with Gasteiger partial charge in [-0.1, -0.05) is 6.92 Å². The lowest BCUT2D eigenvalue weighted by atomic mass is 10.4. The minimum absolute atomic E-state index is 0.0684. The number of likely N-dealkylation sites (N-methyl/N-ethyl adjacent to an activating group) is 1. The molecule has 5 nitrogen and oxygen atoms in total. The van der Waals surface area contributed by atoms with Crippen LogP contribution in [0.3, 0.4) is 0 Å². The van der Waals surface area contributed by atoms with Gasteiger partial charge in [-0.15, -0.1) is 0 Å². The fourth-order valence-corrected chi connectivity index (χ4v) is 1.21. The van der Waals surface area contributed by atoms with Crippen molar-refractivity contribution < 1.29 is 9.47 Å². The number of nitrogens with zero attached hydrogens (tertiary/aromatic N) is 2. The predicted molar refractivity (Wildman–Crippen MR) is 61.8 cm³/mol. The molecule has 1 heterocycles. The molecule has 0 fully saturated rings. The van der Waals surface area contributed by atoms with E-state index < -0.39 is 0 Å². The lowest BCUT2D eigenvalue weighted by Gasteiger charge is -2.13. The summed E-state index contributed by atoms with van der Waals surface area (Å²) < 4.78 is 11.0. The average molecular weight is 225 g/mol. The Morgan fingerprint density at radius 1 is 1.38 bits per heavy atom. The molecule has 0 saturated carbocycles. The van der Waals surface area contributed by atoms with E-state index in [2.05, 4.69) is 15.3 Å². The molecule has 0 aliphatic carbocycles. The van der Waals surface area contributed by atoms with Crippen LogP contribution >= 0.6 is 0 Å². The number of rotatable bonds is 7. The monoisotopic (exact) mass is 225 g/mol. The van der Waals surface area contributed by atoms with Crippen molar-refractivity contribution in [2.75, 3.05) is 20.2 Å². The summed E-state index contributed by atoms with van der Waals surface area (Å²) >= 11 is 0. The summed E-state index contributed by atoms with van der Waals surface area (Å²) in [6.07, 6.45) is 2.47. The number of hydrogen-bond donors (Lipinski definition) is 1. The standard InChI is InChI=1S/C11H19N3O2/c1-4-5-15-10-6-11(14-8-13-10)16-9(2)7-12-3/h6,8-9,12H,4-5,7H2,1-3H3. The summed E-state index contributed by atoms with van der Waals surface area (Å²) in [5.74, 6) is 1.10. The molecule has 0 aliphatic heterocycles. The van der Waals surface area contributed by atoms with Gasteiger partial charge in [0.1, 0.15) is 12.4 Å². The molecule has 1 atom stereocenters. The Morgan fingerprint density at radius 3 is 2.81 bits per heavy atom. The van der Waals surface area contributed by atoms with Crippen molar-refractivity contribution in [1.29, 1.82) is 0 Å². The zero-order valence-electron chi connectivity index (χ0n) is 10.1. The maximum absolute atomic E-state index is 5.58. The second-order valence-electron chi connectivity index (χ2n) is 3.53. The fraction of sp³-hybridized carbons (Fsp3) is 0.636. The van der Waals surface area contributed by atoms with Crippen LogP contribution in [-0.2, 0) is 0 Å². The number of aromatic nitrogens is 2. The van der Waals surface area contributed by atoms with Crippen LogP contribution in [0.5, 0.6) is 11.8 Å². The first-order valence-electron chi connectivity index (χ1n) is 5.52. The molecule has 0 aliphatic rings. The van der Waals surface area contributed by atoms with Crippen LogP contribution in [0.15, 0.2) is 12.4 Å². The van der Waals surface area contributed by atoms with E-state index in [1.165, 1.54) is 6.33 Å². The maximum Gasteiger partial charge on any atom is 0.220 e. The zero-order chi connectivity index (χ0) is 11.8. The van der Waals surface area contributed by atoms with E-state index >= 15 is 0 Å². The fourth-order valence-electron chi connectivity index (χ4n) is 1.21. The Kier molecular flexibility index (Phi) is 5.56. The molecule has 0 spiro atoms. The van der Waals surface area contributed by atoms with Crippen LogP contribution in [0, 0.1) is 0 Å². The van der Waals surface area contributed by atoms with Crippen molar-refractivity contribution in [2.45, 2.75) is 26.4 Å². The first-order valence-corrected chi connectivity index (χ1v) is 5.52. The van der Waals surface area contributed by atoms with Crippen LogP contribution in [0.2, 0.25) is 0 Å². The lowest BCUT2D eigenvalue weighted by Crippen LogP contribution is -2.26. The van der Waals surface area contributed by atoms with Gasteiger partial charge in [0.2, 0.25) is 11.8 Å². The molecular formula is C11H19N3O2. The highest BCUT2D eigenvalue weighted by molar-refractivity contribution is 5.18. The molecule has 90 valence electrons. The van der Waals surface area contributed by atoms with Gasteiger partial charge in [-0.3, -0.25) is 0 Å². The Balaban J connectivity index is 2.52. The van der Waals surface area contributed by atoms with Crippen molar-refractivity contribution in [3.63, 3.8) is 0 Å². The lowest BCUT2D eigenvalue weighted by molar-refractivity contribution is 0.209. The van der Waals surface area contributed by atoms with Gasteiger partial charge in [-0.05, 0) is 20.4 Å². The average Bonchev–Trinajstić information content (AvgIpc) is 2.27. The van der Waals surface area contributed by atoms with Crippen molar-refractivity contribution in [3.8, 4) is 11.8 Å². The van der Waals surface area contributed by atoms with Gasteiger partial charge in [0, 0.05) is 6.54 Å². The quantitative estimate of drug-likeness (QED) is 0.757. The van der Waals surface area contributed by atoms with E-state index in [1.54, 1.807) is 6.07 Å². The third kappa shape index (κ3) is 4.44. The molecule has 1 aromatic rings. The summed E-state index contributed by atoms with van der Waals surface area (Å²) in [5, 5.41) is 3.04. The number of ether oxygens (including phenoxy) is 2. The third-order valence-corrected chi connectivity index (χ3v) is 1.88. The molecule has 0 aromatic carbocycles. The van der Waals surface area contributed by atoms with E-state index in [0.717, 1.165) is 13.0 Å². The third-order valence-electron chi connectivity index (χ3n) is 1.88. The van der Waals surface area contributed by atoms with Crippen molar-refractivity contribution in [1.82, 2.24) is 15.3 Å². The molecule has 1 N–H and O–H groups in total. The Bertz CT molecular complexity index is 307. The normalized spacial score (nSPS) is 12.2. The Morgan fingerprint density at radius 2 is 2.12 bits per heavy atom. The van der Waals surface area contributed by atoms with Gasteiger partial charge in [0.25, 0.3) is 0 Å². The first kappa shape index (κ1) is 12.7. The SMILES string of the molecule is CCCOc1cc(OC(C)CNC)ncn1. The summed E-state index contributed by atoms with van der Waals surface area (Å²) in [7, 11) is 1.88. The summed E-state index contributed by atoms with van der Waals surface area (Å²) in [6, 6.07) is 1.71. The summed E-state index contributed by atoms with van der Waals surface area (Å²) in [5.41, 5.74) is 0. The van der Waals surface area contributed by atoms with E-state index in [1.807, 2.05) is 20.9 Å². The van der Waals surface area contributed by atoms with Gasteiger partial charge in [0.15, 0.2) is 0 Å². The number of nitrogens with one attached hydrogen (secondary N) is 1. The van der Waals surface area contributed by atoms with Crippen molar-refractivity contribution in [3.05, 3.63) is 12.4 Å². The highest BCUT2D eigenvalue weighted by Crippen LogP contribution is 2.14. The van der Waals surface area contributed by atoms with Gasteiger partial charge in [-0.25, -0.2) is 9.97 Å². The van der Waals surface area contributed by atoms with Crippen LogP contribution < -0.4 is 14.8 Å². The molecule has 5 heteroatoms. The topological polar surface area (TPSA) is 56.3 Å². The molecule has 16 heavy (non-hydrogen) atoms. The first-order chi connectivity index (χ1) is 7.76. The van der Waals surface area contributed by atoms with Crippen LogP contribution in [0.1, 0.15) is 20.3 Å². The van der Waals surface area contributed by atoms with Gasteiger partial charge >= 0.3 is 0 Å². The molecule has 0 saturated heterocycles. The predicted octanol–water partition coefficient (Wildman–Crippen LogP) is 1.25. The minimum Gasteiger partial charge on any atom is -0.478 e. The largest absolute Gasteiger partial charge is 0.478 e. The Labute approximate surface area is 96.2 Å². The van der Waals surface area contributed by atoms with E-state index in [4.69, 9.17) is 9.47 Å². The van der Waals surface area contributed by atoms with E-state index in [0.29, 0.717) is 18.4 Å². The molecule has 0 amide bonds. The highest BCUT2D eigenvalue weighted by atomic mass is 16.5. The Hall–Kier alpha value is -1.36. The van der Waals surface area contributed by atoms with Gasteiger partial charge in [0.05, 0.1) is 12.7 Å². The minimum atomic E-state index is 0.0684. The smallest absolute Gasteiger partial charge is 0.220 e. The van der Waals surface area contributed by atoms with E-state index in [9.17, 15) is 0 Å². The second-order valence-corrected chi connectivity index (χ2v) is 3.53. The highest BCUT2D eigenvalue weighted by Gasteiger charge is 2.05. The molecule has 1 rings (SSSR count). The van der Waals surface area contributed by atoms with Crippen molar-refractivity contribution >= 4 is 0 Å². The molecular weight excluding hydrogens is 206 g/mol. The summed E-state index contributed by atoms with van der Waals surface area (Å²) in [4.78, 5) is 8.03. The molecule has 0 bridgehead atoms. The van der Waals surface area contributed by atoms with Crippen LogP contribution in [-0.4, -0.2) is 36.3 Å². The van der Waals surface area contributed by atoms with E-state index in [-0.39, 0.29) is 6.10 Å². The molecule has 1 aromatic heterocycles. The number of hydrogen-bond acceptors (Lipinski definition) is 5. The molecule has 1 unspecified atom stereocenters. The summed E-state index contributed by atoms with van der Waals surface area (Å²) in [6.45, 7) is 5.45. The molecule has 0 radical (unpaired) electrons. The zero-order valence-corrected chi connectivity index (χ0v) is 10.1.